The fraction of sp³-hybridized carbons (Fsp3) is 0.0556. The molecule has 0 radical (unpaired) electrons. The summed E-state index contributed by atoms with van der Waals surface area (Å²) >= 11 is 0. The molecule has 118 valence electrons. The third-order valence-corrected chi connectivity index (χ3v) is 3.73. The summed E-state index contributed by atoms with van der Waals surface area (Å²) in [5, 5.41) is 7.22. The Balaban J connectivity index is 1.52. The van der Waals surface area contributed by atoms with E-state index < -0.39 is 0 Å². The summed E-state index contributed by atoms with van der Waals surface area (Å²) in [5.74, 6) is 0.413. The zero-order chi connectivity index (χ0) is 16.4. The van der Waals surface area contributed by atoms with Crippen LogP contribution in [0.1, 0.15) is 16.1 Å². The van der Waals surface area contributed by atoms with Gasteiger partial charge in [-0.3, -0.25) is 13.9 Å². The molecule has 0 fully saturated rings. The van der Waals surface area contributed by atoms with E-state index in [4.69, 9.17) is 0 Å². The summed E-state index contributed by atoms with van der Waals surface area (Å²) in [5.41, 5.74) is 2.29. The monoisotopic (exact) mass is 317 g/mol. The van der Waals surface area contributed by atoms with Crippen LogP contribution in [0.15, 0.2) is 73.2 Å². The van der Waals surface area contributed by atoms with Crippen LogP contribution in [0, 0.1) is 0 Å². The van der Waals surface area contributed by atoms with E-state index >= 15 is 0 Å². The smallest absolute Gasteiger partial charge is 0.277 e. The number of carbonyl (C=O) groups is 1. The number of fused-ring (bicyclic) bond motifs is 1. The van der Waals surface area contributed by atoms with Gasteiger partial charge in [0.25, 0.3) is 5.91 Å². The van der Waals surface area contributed by atoms with Crippen molar-refractivity contribution in [1.82, 2.24) is 19.2 Å². The van der Waals surface area contributed by atoms with Crippen LogP contribution in [0.3, 0.4) is 0 Å². The molecule has 0 atom stereocenters. The molecule has 0 unspecified atom stereocenters. The van der Waals surface area contributed by atoms with Gasteiger partial charge in [0.15, 0.2) is 5.69 Å². The van der Waals surface area contributed by atoms with Gasteiger partial charge >= 0.3 is 0 Å². The fourth-order valence-electron chi connectivity index (χ4n) is 2.57. The minimum atomic E-state index is -0.247. The molecule has 4 aromatic rings. The van der Waals surface area contributed by atoms with Crippen molar-refractivity contribution in [3.8, 4) is 0 Å². The van der Waals surface area contributed by atoms with Crippen molar-refractivity contribution in [1.29, 1.82) is 0 Å². The lowest BCUT2D eigenvalue weighted by Crippen LogP contribution is -2.15. The average Bonchev–Trinajstić information content (AvgIpc) is 3.25. The Bertz CT molecular complexity index is 987. The summed E-state index contributed by atoms with van der Waals surface area (Å²) < 4.78 is 3.57. The molecule has 6 heteroatoms. The van der Waals surface area contributed by atoms with Crippen molar-refractivity contribution in [3.63, 3.8) is 0 Å². The first-order valence-corrected chi connectivity index (χ1v) is 7.60. The van der Waals surface area contributed by atoms with Gasteiger partial charge in [0.1, 0.15) is 11.5 Å². The molecule has 6 nitrogen and oxygen atoms in total. The highest BCUT2D eigenvalue weighted by Gasteiger charge is 2.11. The van der Waals surface area contributed by atoms with E-state index in [1.807, 2.05) is 52.9 Å². The van der Waals surface area contributed by atoms with E-state index in [-0.39, 0.29) is 5.91 Å². The summed E-state index contributed by atoms with van der Waals surface area (Å²) in [6.45, 7) is 0.630. The molecule has 0 aliphatic carbocycles. The van der Waals surface area contributed by atoms with Gasteiger partial charge in [-0.1, -0.05) is 36.4 Å². The lowest BCUT2D eigenvalue weighted by atomic mass is 10.2. The summed E-state index contributed by atoms with van der Waals surface area (Å²) in [6.07, 6.45) is 5.30. The molecular weight excluding hydrogens is 302 g/mol. The first-order valence-electron chi connectivity index (χ1n) is 7.60. The molecule has 3 aromatic heterocycles. The molecule has 1 amide bonds. The Morgan fingerprint density at radius 1 is 1.00 bits per heavy atom. The van der Waals surface area contributed by atoms with Gasteiger partial charge in [-0.2, -0.15) is 5.10 Å². The molecule has 0 spiro atoms. The molecule has 3 heterocycles. The number of hydrogen-bond donors (Lipinski definition) is 1. The van der Waals surface area contributed by atoms with Gasteiger partial charge in [0.05, 0.1) is 6.54 Å². The van der Waals surface area contributed by atoms with Crippen LogP contribution < -0.4 is 5.32 Å². The van der Waals surface area contributed by atoms with Crippen LogP contribution in [-0.2, 0) is 6.54 Å². The van der Waals surface area contributed by atoms with E-state index in [9.17, 15) is 4.79 Å². The first kappa shape index (κ1) is 14.2. The zero-order valence-corrected chi connectivity index (χ0v) is 12.8. The normalized spacial score (nSPS) is 10.8. The SMILES string of the molecule is O=C(Nc1cccc2nccn12)c1ccn(Cc2ccccc2)n1. The second-order valence-electron chi connectivity index (χ2n) is 5.40. The molecule has 0 bridgehead atoms. The van der Waals surface area contributed by atoms with Gasteiger partial charge in [-0.05, 0) is 23.8 Å². The number of pyridine rings is 1. The number of aromatic nitrogens is 4. The number of amides is 1. The van der Waals surface area contributed by atoms with Crippen LogP contribution in [0.2, 0.25) is 0 Å². The molecular formula is C18H15N5O. The van der Waals surface area contributed by atoms with Crippen LogP contribution in [0.4, 0.5) is 5.82 Å². The number of nitrogens with zero attached hydrogens (tertiary/aromatic N) is 4. The Kier molecular flexibility index (Phi) is 3.55. The summed E-state index contributed by atoms with van der Waals surface area (Å²) in [4.78, 5) is 16.6. The number of rotatable bonds is 4. The lowest BCUT2D eigenvalue weighted by molar-refractivity contribution is 0.102. The Morgan fingerprint density at radius 3 is 2.75 bits per heavy atom. The summed E-state index contributed by atoms with van der Waals surface area (Å²) in [6, 6.07) is 17.3. The first-order chi connectivity index (χ1) is 11.8. The third kappa shape index (κ3) is 2.77. The maximum Gasteiger partial charge on any atom is 0.277 e. The van der Waals surface area contributed by atoms with Crippen LogP contribution >= 0.6 is 0 Å². The van der Waals surface area contributed by atoms with Crippen LogP contribution in [0.25, 0.3) is 5.65 Å². The molecule has 1 N–H and O–H groups in total. The number of benzene rings is 1. The molecule has 0 aliphatic heterocycles. The highest BCUT2D eigenvalue weighted by atomic mass is 16.2. The number of carbonyl (C=O) groups excluding carboxylic acids is 1. The minimum absolute atomic E-state index is 0.247. The Morgan fingerprint density at radius 2 is 1.88 bits per heavy atom. The average molecular weight is 317 g/mol. The van der Waals surface area contributed by atoms with E-state index in [1.165, 1.54) is 0 Å². The maximum absolute atomic E-state index is 12.4. The molecule has 0 saturated carbocycles. The third-order valence-electron chi connectivity index (χ3n) is 3.73. The highest BCUT2D eigenvalue weighted by Crippen LogP contribution is 2.12. The molecule has 1 aromatic carbocycles. The lowest BCUT2D eigenvalue weighted by Gasteiger charge is -2.06. The number of nitrogens with one attached hydrogen (secondary N) is 1. The second-order valence-corrected chi connectivity index (χ2v) is 5.40. The maximum atomic E-state index is 12.4. The van der Waals surface area contributed by atoms with E-state index in [1.54, 1.807) is 29.3 Å². The van der Waals surface area contributed by atoms with E-state index in [0.29, 0.717) is 18.1 Å². The Labute approximate surface area is 138 Å². The topological polar surface area (TPSA) is 64.2 Å². The predicted molar refractivity (Wildman–Crippen MR) is 90.9 cm³/mol. The predicted octanol–water partition coefficient (Wildman–Crippen LogP) is 2.83. The van der Waals surface area contributed by atoms with Gasteiger partial charge in [-0.15, -0.1) is 0 Å². The van der Waals surface area contributed by atoms with E-state index in [2.05, 4.69) is 15.4 Å². The van der Waals surface area contributed by atoms with Crippen molar-refractivity contribution in [2.45, 2.75) is 6.54 Å². The molecule has 4 rings (SSSR count). The van der Waals surface area contributed by atoms with Crippen molar-refractivity contribution in [2.75, 3.05) is 5.32 Å². The fourth-order valence-corrected chi connectivity index (χ4v) is 2.57. The molecule has 0 saturated heterocycles. The number of hydrogen-bond acceptors (Lipinski definition) is 3. The quantitative estimate of drug-likeness (QED) is 0.629. The second kappa shape index (κ2) is 6.00. The summed E-state index contributed by atoms with van der Waals surface area (Å²) in [7, 11) is 0. The molecule has 24 heavy (non-hydrogen) atoms. The van der Waals surface area contributed by atoms with E-state index in [0.717, 1.165) is 11.2 Å². The highest BCUT2D eigenvalue weighted by molar-refractivity contribution is 6.02. The van der Waals surface area contributed by atoms with Gasteiger partial charge in [0.2, 0.25) is 0 Å². The standard InChI is InChI=1S/C18H15N5O/c24-18(20-17-8-4-7-16-19-10-12-23(16)17)15-9-11-22(21-15)13-14-5-2-1-3-6-14/h1-12H,13H2,(H,20,24). The number of imidazole rings is 1. The zero-order valence-electron chi connectivity index (χ0n) is 12.8. The minimum Gasteiger partial charge on any atom is -0.306 e. The molecule has 0 aliphatic rings. The van der Waals surface area contributed by atoms with Crippen LogP contribution in [-0.4, -0.2) is 25.1 Å². The largest absolute Gasteiger partial charge is 0.306 e. The van der Waals surface area contributed by atoms with Gasteiger partial charge < -0.3 is 5.32 Å². The Hall–Kier alpha value is -3.41. The van der Waals surface area contributed by atoms with Gasteiger partial charge in [0, 0.05) is 18.6 Å². The van der Waals surface area contributed by atoms with Crippen molar-refractivity contribution >= 4 is 17.4 Å². The van der Waals surface area contributed by atoms with Crippen LogP contribution in [0.5, 0.6) is 0 Å². The van der Waals surface area contributed by atoms with Crippen molar-refractivity contribution in [2.24, 2.45) is 0 Å². The van der Waals surface area contributed by atoms with Gasteiger partial charge in [-0.25, -0.2) is 4.98 Å². The van der Waals surface area contributed by atoms with Crippen molar-refractivity contribution < 1.29 is 4.79 Å². The number of anilines is 1. The van der Waals surface area contributed by atoms with Crippen molar-refractivity contribution in [3.05, 3.63) is 84.4 Å².